The SMILES string of the molecule is CC[Si](C#Cc1c(O)c(Cl)cc(O)c1COCOC)(CC)CC. The number of halogens is 1. The summed E-state index contributed by atoms with van der Waals surface area (Å²) in [5, 5.41) is 20.5. The van der Waals surface area contributed by atoms with Gasteiger partial charge in [-0.05, 0) is 18.1 Å². The van der Waals surface area contributed by atoms with E-state index in [0.29, 0.717) is 11.1 Å². The number of benzene rings is 1. The molecular formula is C17H25ClO4Si. The Morgan fingerprint density at radius 1 is 1.17 bits per heavy atom. The summed E-state index contributed by atoms with van der Waals surface area (Å²) in [6, 6.07) is 4.46. The van der Waals surface area contributed by atoms with Crippen molar-refractivity contribution in [2.24, 2.45) is 0 Å². The molecule has 0 aliphatic rings. The molecule has 0 heterocycles. The Morgan fingerprint density at radius 3 is 2.30 bits per heavy atom. The summed E-state index contributed by atoms with van der Waals surface area (Å²) < 4.78 is 10.1. The Bertz CT molecular complexity index is 580. The van der Waals surface area contributed by atoms with E-state index < -0.39 is 8.07 Å². The van der Waals surface area contributed by atoms with Crippen LogP contribution in [0.1, 0.15) is 31.9 Å². The molecule has 0 unspecified atom stereocenters. The van der Waals surface area contributed by atoms with Crippen LogP contribution in [0.15, 0.2) is 6.07 Å². The van der Waals surface area contributed by atoms with E-state index in [1.165, 1.54) is 13.2 Å². The zero-order chi connectivity index (χ0) is 17.5. The number of rotatable bonds is 7. The fraction of sp³-hybridized carbons (Fsp3) is 0.529. The molecule has 0 atom stereocenters. The van der Waals surface area contributed by atoms with Gasteiger partial charge >= 0.3 is 0 Å². The minimum Gasteiger partial charge on any atom is -0.507 e. The van der Waals surface area contributed by atoms with E-state index in [2.05, 4.69) is 32.2 Å². The standard InChI is InChI=1S/C17H25ClO4Si/c1-5-23(6-2,7-3)9-8-13-14(11-22-12-21-4)16(19)10-15(18)17(13)20/h10,19-20H,5-7,11-12H2,1-4H3. The summed E-state index contributed by atoms with van der Waals surface area (Å²) in [4.78, 5) is 0. The van der Waals surface area contributed by atoms with E-state index in [4.69, 9.17) is 21.1 Å². The van der Waals surface area contributed by atoms with Crippen LogP contribution in [0.4, 0.5) is 0 Å². The van der Waals surface area contributed by atoms with Gasteiger partial charge in [-0.2, -0.15) is 0 Å². The zero-order valence-corrected chi connectivity index (χ0v) is 16.0. The molecule has 0 amide bonds. The van der Waals surface area contributed by atoms with Crippen LogP contribution in [0.25, 0.3) is 0 Å². The van der Waals surface area contributed by atoms with Gasteiger partial charge in [0.2, 0.25) is 0 Å². The smallest absolute Gasteiger partial charge is 0.150 e. The lowest BCUT2D eigenvalue weighted by Gasteiger charge is -2.20. The summed E-state index contributed by atoms with van der Waals surface area (Å²) in [6.07, 6.45) is 0. The van der Waals surface area contributed by atoms with Crippen LogP contribution in [0, 0.1) is 11.5 Å². The van der Waals surface area contributed by atoms with Crippen LogP contribution in [0.5, 0.6) is 11.5 Å². The lowest BCUT2D eigenvalue weighted by atomic mass is 10.1. The molecule has 1 aromatic carbocycles. The van der Waals surface area contributed by atoms with Gasteiger partial charge in [0.1, 0.15) is 26.4 Å². The highest BCUT2D eigenvalue weighted by molar-refractivity contribution is 6.87. The van der Waals surface area contributed by atoms with E-state index in [9.17, 15) is 10.2 Å². The van der Waals surface area contributed by atoms with Gasteiger partial charge in [-0.1, -0.05) is 38.3 Å². The van der Waals surface area contributed by atoms with Gasteiger partial charge in [-0.25, -0.2) is 0 Å². The largest absolute Gasteiger partial charge is 0.507 e. The second kappa shape index (κ2) is 9.19. The molecule has 0 aliphatic carbocycles. The molecule has 0 aromatic heterocycles. The summed E-state index contributed by atoms with van der Waals surface area (Å²) in [7, 11) is -0.164. The van der Waals surface area contributed by atoms with Crippen LogP contribution >= 0.6 is 11.6 Å². The fourth-order valence-corrected chi connectivity index (χ4v) is 5.00. The van der Waals surface area contributed by atoms with Crippen molar-refractivity contribution in [2.75, 3.05) is 13.9 Å². The van der Waals surface area contributed by atoms with Gasteiger partial charge in [-0.3, -0.25) is 0 Å². The van der Waals surface area contributed by atoms with Gasteiger partial charge < -0.3 is 19.7 Å². The normalized spacial score (nSPS) is 11.2. The molecule has 1 aromatic rings. The number of hydrogen-bond donors (Lipinski definition) is 2. The summed E-state index contributed by atoms with van der Waals surface area (Å²) >= 11 is 5.97. The first kappa shape index (κ1) is 19.9. The van der Waals surface area contributed by atoms with Gasteiger partial charge in [0.05, 0.1) is 17.2 Å². The van der Waals surface area contributed by atoms with Gasteiger partial charge in [0.25, 0.3) is 0 Å². The molecule has 0 saturated carbocycles. The Hall–Kier alpha value is -1.19. The monoisotopic (exact) mass is 356 g/mol. The number of hydrogen-bond acceptors (Lipinski definition) is 4. The van der Waals surface area contributed by atoms with Crippen molar-refractivity contribution >= 4 is 19.7 Å². The van der Waals surface area contributed by atoms with Crippen molar-refractivity contribution in [2.45, 2.75) is 45.5 Å². The van der Waals surface area contributed by atoms with Crippen LogP contribution in [-0.4, -0.2) is 32.2 Å². The number of ether oxygens (including phenoxy) is 2. The van der Waals surface area contributed by atoms with Gasteiger partial charge in [0, 0.05) is 18.7 Å². The van der Waals surface area contributed by atoms with Gasteiger partial charge in [-0.15, -0.1) is 5.54 Å². The number of aromatic hydroxyl groups is 2. The second-order valence-corrected chi connectivity index (χ2v) is 10.8. The van der Waals surface area contributed by atoms with E-state index in [-0.39, 0.29) is 29.9 Å². The topological polar surface area (TPSA) is 58.9 Å². The Morgan fingerprint density at radius 2 is 1.78 bits per heavy atom. The van der Waals surface area contributed by atoms with Crippen molar-refractivity contribution in [1.29, 1.82) is 0 Å². The second-order valence-electron chi connectivity index (χ2n) is 5.43. The first-order chi connectivity index (χ1) is 10.9. The third kappa shape index (κ3) is 4.89. The molecule has 0 bridgehead atoms. The molecule has 6 heteroatoms. The molecular weight excluding hydrogens is 332 g/mol. The maximum absolute atomic E-state index is 10.3. The first-order valence-corrected chi connectivity index (χ1v) is 10.8. The summed E-state index contributed by atoms with van der Waals surface area (Å²) in [6.45, 7) is 6.66. The molecule has 1 rings (SSSR count). The number of phenols is 2. The minimum atomic E-state index is -1.68. The van der Waals surface area contributed by atoms with Crippen molar-refractivity contribution in [1.82, 2.24) is 0 Å². The van der Waals surface area contributed by atoms with Crippen molar-refractivity contribution < 1.29 is 19.7 Å². The molecule has 23 heavy (non-hydrogen) atoms. The highest BCUT2D eigenvalue weighted by Crippen LogP contribution is 2.36. The Balaban J connectivity index is 3.33. The fourth-order valence-electron chi connectivity index (χ4n) is 2.38. The molecule has 0 aliphatic heterocycles. The number of methoxy groups -OCH3 is 1. The average molecular weight is 357 g/mol. The van der Waals surface area contributed by atoms with Crippen molar-refractivity contribution in [3.8, 4) is 23.0 Å². The zero-order valence-electron chi connectivity index (χ0n) is 14.2. The molecule has 0 saturated heterocycles. The molecule has 0 spiro atoms. The Kier molecular flexibility index (Phi) is 7.93. The maximum Gasteiger partial charge on any atom is 0.150 e. The highest BCUT2D eigenvalue weighted by atomic mass is 35.5. The maximum atomic E-state index is 10.3. The van der Waals surface area contributed by atoms with E-state index in [0.717, 1.165) is 18.1 Å². The average Bonchev–Trinajstić information content (AvgIpc) is 2.55. The molecule has 0 fully saturated rings. The third-order valence-corrected chi connectivity index (χ3v) is 9.27. The predicted octanol–water partition coefficient (Wildman–Crippen LogP) is 4.27. The Labute approximate surface area is 144 Å². The molecule has 4 nitrogen and oxygen atoms in total. The van der Waals surface area contributed by atoms with Crippen LogP contribution in [0.3, 0.4) is 0 Å². The van der Waals surface area contributed by atoms with Crippen molar-refractivity contribution in [3.63, 3.8) is 0 Å². The van der Waals surface area contributed by atoms with E-state index >= 15 is 0 Å². The number of phenolic OH excluding ortho intramolecular Hbond substituents is 2. The quantitative estimate of drug-likeness (QED) is 0.252. The van der Waals surface area contributed by atoms with Gasteiger partial charge in [0.15, 0.2) is 0 Å². The van der Waals surface area contributed by atoms with Crippen LogP contribution < -0.4 is 0 Å². The first-order valence-electron chi connectivity index (χ1n) is 7.77. The van der Waals surface area contributed by atoms with E-state index in [1.54, 1.807) is 0 Å². The molecule has 128 valence electrons. The lowest BCUT2D eigenvalue weighted by molar-refractivity contribution is -0.0396. The lowest BCUT2D eigenvalue weighted by Crippen LogP contribution is -2.29. The van der Waals surface area contributed by atoms with E-state index in [1.807, 2.05) is 0 Å². The predicted molar refractivity (Wildman–Crippen MR) is 95.5 cm³/mol. The third-order valence-electron chi connectivity index (χ3n) is 4.27. The summed E-state index contributed by atoms with van der Waals surface area (Å²) in [5.74, 6) is 2.93. The molecule has 2 N–H and O–H groups in total. The summed E-state index contributed by atoms with van der Waals surface area (Å²) in [5.41, 5.74) is 4.18. The minimum absolute atomic E-state index is 0.0371. The van der Waals surface area contributed by atoms with Crippen LogP contribution in [0.2, 0.25) is 23.2 Å². The highest BCUT2D eigenvalue weighted by Gasteiger charge is 2.25. The van der Waals surface area contributed by atoms with Crippen LogP contribution in [-0.2, 0) is 16.1 Å². The molecule has 0 radical (unpaired) electrons. The van der Waals surface area contributed by atoms with Crippen molar-refractivity contribution in [3.05, 3.63) is 22.2 Å².